The smallest absolute Gasteiger partial charge is 0.0476 e. The van der Waals surface area contributed by atoms with Crippen LogP contribution in [0.1, 0.15) is 0 Å². The van der Waals surface area contributed by atoms with Crippen LogP contribution in [0.5, 0.6) is 0 Å². The number of fused-ring (bicyclic) bond motifs is 8. The summed E-state index contributed by atoms with van der Waals surface area (Å²) in [5, 5.41) is 10.3. The van der Waals surface area contributed by atoms with Crippen LogP contribution in [0.25, 0.3) is 85.9 Å². The molecule has 1 heterocycles. The van der Waals surface area contributed by atoms with Gasteiger partial charge in [-0.3, -0.25) is 0 Å². The van der Waals surface area contributed by atoms with Gasteiger partial charge in [0.15, 0.2) is 0 Å². The first-order chi connectivity index (χ1) is 27.8. The Morgan fingerprint density at radius 3 is 1.61 bits per heavy atom. The van der Waals surface area contributed by atoms with Crippen molar-refractivity contribution in [2.75, 3.05) is 4.90 Å². The average molecular weight is 730 g/mol. The number of nitrogens with zero attached hydrogens (tertiary/aromatic N) is 1. The Bertz CT molecular complexity index is 3230. The highest BCUT2D eigenvalue weighted by molar-refractivity contribution is 7.26. The molecule has 0 aliphatic carbocycles. The Morgan fingerprint density at radius 2 is 0.839 bits per heavy atom. The molecule has 11 rings (SSSR count). The maximum Gasteiger partial charge on any atom is 0.0476 e. The van der Waals surface area contributed by atoms with Crippen molar-refractivity contribution >= 4 is 80.9 Å². The second-order valence-electron chi connectivity index (χ2n) is 14.5. The zero-order chi connectivity index (χ0) is 37.0. The highest BCUT2D eigenvalue weighted by Crippen LogP contribution is 2.44. The first-order valence-electron chi connectivity index (χ1n) is 19.2. The highest BCUT2D eigenvalue weighted by Gasteiger charge is 2.18. The van der Waals surface area contributed by atoms with E-state index in [0.29, 0.717) is 0 Å². The Kier molecular flexibility index (Phi) is 7.75. The first-order valence-corrected chi connectivity index (χ1v) is 20.0. The van der Waals surface area contributed by atoms with E-state index in [-0.39, 0.29) is 0 Å². The first kappa shape index (κ1) is 32.4. The molecule has 0 amide bonds. The quantitative estimate of drug-likeness (QED) is 0.154. The maximum atomic E-state index is 2.39. The molecule has 0 fully saturated rings. The maximum absolute atomic E-state index is 2.39. The lowest BCUT2D eigenvalue weighted by Gasteiger charge is -2.26. The number of anilines is 3. The van der Waals surface area contributed by atoms with Crippen LogP contribution < -0.4 is 4.90 Å². The summed E-state index contributed by atoms with van der Waals surface area (Å²) in [5.41, 5.74) is 10.7. The van der Waals surface area contributed by atoms with E-state index in [9.17, 15) is 0 Å². The lowest BCUT2D eigenvalue weighted by atomic mass is 9.89. The molecule has 0 unspecified atom stereocenters. The fourth-order valence-corrected chi connectivity index (χ4v) is 9.82. The fraction of sp³-hybridized carbons (Fsp3) is 0. The van der Waals surface area contributed by atoms with E-state index >= 15 is 0 Å². The van der Waals surface area contributed by atoms with Crippen LogP contribution in [-0.2, 0) is 0 Å². The van der Waals surface area contributed by atoms with Crippen molar-refractivity contribution in [1.29, 1.82) is 0 Å². The number of hydrogen-bond donors (Lipinski definition) is 0. The van der Waals surface area contributed by atoms with Crippen LogP contribution in [0, 0.1) is 0 Å². The van der Waals surface area contributed by atoms with Gasteiger partial charge < -0.3 is 4.90 Å². The van der Waals surface area contributed by atoms with E-state index in [2.05, 4.69) is 217 Å². The van der Waals surface area contributed by atoms with Gasteiger partial charge in [-0.1, -0.05) is 170 Å². The lowest BCUT2D eigenvalue weighted by Crippen LogP contribution is -2.09. The third-order valence-electron chi connectivity index (χ3n) is 11.3. The molecule has 2 heteroatoms. The lowest BCUT2D eigenvalue weighted by molar-refractivity contribution is 1.29. The number of benzene rings is 10. The second kappa shape index (κ2) is 13.4. The van der Waals surface area contributed by atoms with Crippen molar-refractivity contribution in [3.8, 4) is 33.4 Å². The van der Waals surface area contributed by atoms with Crippen molar-refractivity contribution in [2.24, 2.45) is 0 Å². The largest absolute Gasteiger partial charge is 0.310 e. The SMILES string of the molecule is c1ccc(-c2ccc(N(c3ccc(-c4ccccc4-c4cc5ccccc5c5ccccc45)cc3)c3ccc4c(c3)sc3c5ccccc5ccc43)cc2)cc1. The van der Waals surface area contributed by atoms with Crippen LogP contribution in [0.3, 0.4) is 0 Å². The molecule has 0 N–H and O–H groups in total. The average Bonchev–Trinajstić information content (AvgIpc) is 3.66. The molecule has 1 aromatic heterocycles. The number of rotatable bonds is 6. The standard InChI is InChI=1S/C54H35NS/c1-2-12-36(13-3-1)37-22-27-41(28-23-37)55(43-31-33-50-51-32-26-38-14-4-7-18-46(38)54(51)56-53(50)35-43)42-29-24-39(25-30-42)44-16-8-9-20-48(44)52-34-40-15-5-6-17-45(40)47-19-10-11-21-49(47)52/h1-35H. The van der Waals surface area contributed by atoms with E-state index in [1.54, 1.807) is 0 Å². The molecule has 11 aromatic rings. The Morgan fingerprint density at radius 1 is 0.286 bits per heavy atom. The highest BCUT2D eigenvalue weighted by atomic mass is 32.1. The third kappa shape index (κ3) is 5.46. The van der Waals surface area contributed by atoms with Crippen LogP contribution in [-0.4, -0.2) is 0 Å². The van der Waals surface area contributed by atoms with Crippen LogP contribution >= 0.6 is 11.3 Å². The monoisotopic (exact) mass is 729 g/mol. The molecule has 0 aliphatic heterocycles. The zero-order valence-electron chi connectivity index (χ0n) is 30.6. The normalized spacial score (nSPS) is 11.6. The molecule has 0 aliphatic rings. The van der Waals surface area contributed by atoms with Gasteiger partial charge in [0.1, 0.15) is 0 Å². The topological polar surface area (TPSA) is 3.24 Å². The van der Waals surface area contributed by atoms with Gasteiger partial charge in [-0.05, 0) is 108 Å². The van der Waals surface area contributed by atoms with Gasteiger partial charge in [0.25, 0.3) is 0 Å². The molecule has 56 heavy (non-hydrogen) atoms. The van der Waals surface area contributed by atoms with Gasteiger partial charge in [0.05, 0.1) is 0 Å². The van der Waals surface area contributed by atoms with E-state index < -0.39 is 0 Å². The van der Waals surface area contributed by atoms with Crippen LogP contribution in [0.2, 0.25) is 0 Å². The van der Waals surface area contributed by atoms with Gasteiger partial charge in [-0.25, -0.2) is 0 Å². The molecule has 0 atom stereocenters. The fourth-order valence-electron chi connectivity index (χ4n) is 8.55. The molecule has 0 saturated carbocycles. The predicted molar refractivity (Wildman–Crippen MR) is 243 cm³/mol. The van der Waals surface area contributed by atoms with E-state index in [1.165, 1.54) is 85.9 Å². The summed E-state index contributed by atoms with van der Waals surface area (Å²) < 4.78 is 2.63. The summed E-state index contributed by atoms with van der Waals surface area (Å²) in [7, 11) is 0. The minimum atomic E-state index is 1.11. The van der Waals surface area contributed by atoms with E-state index in [4.69, 9.17) is 0 Å². The third-order valence-corrected chi connectivity index (χ3v) is 12.5. The summed E-state index contributed by atoms with van der Waals surface area (Å²) in [6, 6.07) is 77.6. The summed E-state index contributed by atoms with van der Waals surface area (Å²) in [6.07, 6.45) is 0. The molecule has 0 bridgehead atoms. The second-order valence-corrected chi connectivity index (χ2v) is 15.5. The molecule has 10 aromatic carbocycles. The molecule has 262 valence electrons. The van der Waals surface area contributed by atoms with Crippen molar-refractivity contribution in [3.05, 3.63) is 212 Å². The van der Waals surface area contributed by atoms with Gasteiger partial charge in [0, 0.05) is 37.2 Å². The van der Waals surface area contributed by atoms with Gasteiger partial charge >= 0.3 is 0 Å². The zero-order valence-corrected chi connectivity index (χ0v) is 31.4. The molecule has 0 saturated heterocycles. The molecule has 0 spiro atoms. The molecular weight excluding hydrogens is 695 g/mol. The number of hydrogen-bond acceptors (Lipinski definition) is 2. The molecule has 1 nitrogen and oxygen atoms in total. The van der Waals surface area contributed by atoms with Crippen molar-refractivity contribution in [1.82, 2.24) is 0 Å². The van der Waals surface area contributed by atoms with Crippen LogP contribution in [0.4, 0.5) is 17.1 Å². The molecular formula is C54H35NS. The Labute approximate surface area is 330 Å². The van der Waals surface area contributed by atoms with Crippen molar-refractivity contribution < 1.29 is 0 Å². The van der Waals surface area contributed by atoms with Crippen LogP contribution in [0.15, 0.2) is 212 Å². The predicted octanol–water partition coefficient (Wildman–Crippen LogP) is 16.0. The van der Waals surface area contributed by atoms with Gasteiger partial charge in [-0.15, -0.1) is 11.3 Å². The van der Waals surface area contributed by atoms with Gasteiger partial charge in [-0.2, -0.15) is 0 Å². The Balaban J connectivity index is 1.04. The van der Waals surface area contributed by atoms with E-state index in [1.807, 2.05) is 11.3 Å². The summed E-state index contributed by atoms with van der Waals surface area (Å²) in [6.45, 7) is 0. The van der Waals surface area contributed by atoms with Crippen molar-refractivity contribution in [2.45, 2.75) is 0 Å². The Hall–Kier alpha value is -7.00. The van der Waals surface area contributed by atoms with Gasteiger partial charge in [0.2, 0.25) is 0 Å². The van der Waals surface area contributed by atoms with E-state index in [0.717, 1.165) is 17.1 Å². The minimum Gasteiger partial charge on any atom is -0.310 e. The molecule has 0 radical (unpaired) electrons. The van der Waals surface area contributed by atoms with Crippen molar-refractivity contribution in [3.63, 3.8) is 0 Å². The number of thiophene rings is 1. The minimum absolute atomic E-state index is 1.11. The summed E-state index contributed by atoms with van der Waals surface area (Å²) >= 11 is 1.89. The summed E-state index contributed by atoms with van der Waals surface area (Å²) in [5.74, 6) is 0. The summed E-state index contributed by atoms with van der Waals surface area (Å²) in [4.78, 5) is 2.39.